The molecule has 0 N–H and O–H groups in total. The second-order valence-electron chi connectivity index (χ2n) is 34.9. The van der Waals surface area contributed by atoms with Gasteiger partial charge >= 0.3 is 55.6 Å². The molecule has 27 heteroatoms. The Kier molecular flexibility index (Phi) is 49.5. The molecule has 0 saturated heterocycles. The van der Waals surface area contributed by atoms with E-state index < -0.39 is 106 Å². The standard InChI is InChI=1S/9C12H15F3/c1-4-9(3)10-5-8(2)6-11(7-10)12(13,14)15;1-4-9(3)10-7-8(2)5-6-11(10)12(13,14)15;1-4-9(3)10-6-5-8(2)7-11(10)12(13,14)15;1-4-8(2)11-6-5-10(7-9(11)3)12(13,14)15;1-4-8(2)10-5-6-11(9(3)7-10)12(13,14)15;1-4-8(2)11-7-10(12(13,14)15)6-5-9(11)3;1-4-8(2)10-6-5-7-11(9(10)3)12(13,14)15;1-4-8(2)11-9(3)6-5-7-10(11)12(13,14)15;1-4-8(2)10-7-5-6-9(3)11(10)12(13,14)15/h3*5-7,9H,4H2,1-3H3;6*5-8H,4H2,1-3H3. The van der Waals surface area contributed by atoms with E-state index in [1.54, 1.807) is 101 Å². The summed E-state index contributed by atoms with van der Waals surface area (Å²) < 4.78 is 340. The van der Waals surface area contributed by atoms with E-state index in [0.717, 1.165) is 106 Å². The lowest BCUT2D eigenvalue weighted by atomic mass is 9.89. The first-order valence-corrected chi connectivity index (χ1v) is 45.3. The molecule has 0 aromatic heterocycles. The molecule has 9 aromatic rings. The third-order valence-electron chi connectivity index (χ3n) is 24.4. The highest BCUT2D eigenvalue weighted by Crippen LogP contribution is 2.45. The van der Waals surface area contributed by atoms with Crippen LogP contribution in [0.1, 0.15) is 386 Å². The van der Waals surface area contributed by atoms with Crippen LogP contribution < -0.4 is 0 Å². The largest absolute Gasteiger partial charge is 0.416 e. The molecule has 0 bridgehead atoms. The van der Waals surface area contributed by atoms with Crippen LogP contribution in [0.4, 0.5) is 119 Å². The van der Waals surface area contributed by atoms with E-state index in [1.807, 2.05) is 145 Å². The smallest absolute Gasteiger partial charge is 0.166 e. The minimum absolute atomic E-state index is 0.0529. The van der Waals surface area contributed by atoms with Crippen molar-refractivity contribution >= 4 is 0 Å². The number of rotatable bonds is 18. The SMILES string of the molecule is CCC(C)c1c(C)cccc1C(F)(F)F.CCC(C)c1cc(C(F)(F)F)ccc1C.CCC(C)c1cc(C)cc(C(F)(F)F)c1.CCC(C)c1cc(C)ccc1C(F)(F)F.CCC(C)c1ccc(C(F)(F)F)c(C)c1.CCC(C)c1ccc(C(F)(F)F)cc1C.CCC(C)c1ccc(C)cc1C(F)(F)F.CCC(C)c1cccc(C(F)(F)F)c1C.CCC(C)c1cccc(C)c1C(F)(F)F. The summed E-state index contributed by atoms with van der Waals surface area (Å²) in [4.78, 5) is 0. The molecular weight excluding hydrogens is 1810 g/mol. The van der Waals surface area contributed by atoms with E-state index in [-0.39, 0.29) is 41.4 Å². The molecule has 9 aromatic carbocycles. The summed E-state index contributed by atoms with van der Waals surface area (Å²) in [5.74, 6) is 0.928. The molecule has 0 aliphatic rings. The van der Waals surface area contributed by atoms with Gasteiger partial charge in [0.15, 0.2) is 0 Å². The fourth-order valence-corrected chi connectivity index (χ4v) is 14.6. The molecular formula is C108H135F27. The lowest BCUT2D eigenvalue weighted by molar-refractivity contribution is -0.139. The molecule has 0 aliphatic heterocycles. The van der Waals surface area contributed by atoms with Crippen LogP contribution in [0, 0.1) is 62.3 Å². The molecule has 135 heavy (non-hydrogen) atoms. The van der Waals surface area contributed by atoms with Crippen molar-refractivity contribution in [2.75, 3.05) is 0 Å². The van der Waals surface area contributed by atoms with E-state index in [2.05, 4.69) is 0 Å². The maximum Gasteiger partial charge on any atom is 0.416 e. The third kappa shape index (κ3) is 39.8. The predicted octanol–water partition coefficient (Wildman–Crippen LogP) is 40.7. The minimum Gasteiger partial charge on any atom is -0.166 e. The van der Waals surface area contributed by atoms with Gasteiger partial charge in [-0.2, -0.15) is 119 Å². The topological polar surface area (TPSA) is 0 Å². The van der Waals surface area contributed by atoms with Gasteiger partial charge in [-0.05, 0) is 324 Å². The van der Waals surface area contributed by atoms with Gasteiger partial charge in [0.05, 0.1) is 50.1 Å². The summed E-state index contributed by atoms with van der Waals surface area (Å²) in [5, 5.41) is 0. The first kappa shape index (κ1) is 124. The first-order valence-electron chi connectivity index (χ1n) is 45.3. The molecule has 9 atom stereocenters. The zero-order valence-electron chi connectivity index (χ0n) is 82.4. The fraction of sp³-hybridized carbons (Fsp3) is 0.500. The molecule has 0 aliphatic carbocycles. The molecule has 9 unspecified atom stereocenters. The van der Waals surface area contributed by atoms with E-state index in [4.69, 9.17) is 0 Å². The van der Waals surface area contributed by atoms with Crippen molar-refractivity contribution in [3.8, 4) is 0 Å². The number of halogens is 27. The van der Waals surface area contributed by atoms with Crippen LogP contribution in [0.5, 0.6) is 0 Å². The van der Waals surface area contributed by atoms with Crippen LogP contribution in [-0.4, -0.2) is 0 Å². The van der Waals surface area contributed by atoms with Gasteiger partial charge in [0.25, 0.3) is 0 Å². The Morgan fingerprint density at radius 1 is 0.193 bits per heavy atom. The summed E-state index contributed by atoms with van der Waals surface area (Å²) >= 11 is 0. The van der Waals surface area contributed by atoms with Gasteiger partial charge in [0.1, 0.15) is 0 Å². The van der Waals surface area contributed by atoms with Crippen LogP contribution in [0.25, 0.3) is 0 Å². The van der Waals surface area contributed by atoms with E-state index in [0.29, 0.717) is 87.6 Å². The van der Waals surface area contributed by atoms with Gasteiger partial charge in [-0.25, -0.2) is 0 Å². The fourth-order valence-electron chi connectivity index (χ4n) is 14.6. The zero-order chi connectivity index (χ0) is 105. The monoisotopic (exact) mass is 1950 g/mol. The molecule has 756 valence electrons. The van der Waals surface area contributed by atoms with Gasteiger partial charge < -0.3 is 0 Å². The lowest BCUT2D eigenvalue weighted by Gasteiger charge is -2.19. The van der Waals surface area contributed by atoms with E-state index in [9.17, 15) is 119 Å². The van der Waals surface area contributed by atoms with Crippen LogP contribution in [0.3, 0.4) is 0 Å². The minimum atomic E-state index is -4.25. The second kappa shape index (κ2) is 53.9. The van der Waals surface area contributed by atoms with Gasteiger partial charge in [-0.15, -0.1) is 0 Å². The van der Waals surface area contributed by atoms with Crippen molar-refractivity contribution in [2.24, 2.45) is 0 Å². The van der Waals surface area contributed by atoms with Gasteiger partial charge in [0.2, 0.25) is 0 Å². The predicted molar refractivity (Wildman–Crippen MR) is 494 cm³/mol. The molecule has 0 amide bonds. The van der Waals surface area contributed by atoms with Crippen molar-refractivity contribution in [3.05, 3.63) is 314 Å². The van der Waals surface area contributed by atoms with Gasteiger partial charge in [-0.1, -0.05) is 238 Å². The number of alkyl halides is 27. The molecule has 0 heterocycles. The Labute approximate surface area is 782 Å². The van der Waals surface area contributed by atoms with E-state index >= 15 is 0 Å². The van der Waals surface area contributed by atoms with Crippen molar-refractivity contribution in [2.45, 2.75) is 354 Å². The summed E-state index contributed by atoms with van der Waals surface area (Å²) in [6.45, 7) is 49.8. The Bertz CT molecular complexity index is 5010. The summed E-state index contributed by atoms with van der Waals surface area (Å²) in [6, 6.07) is 39.0. The molecule has 0 saturated carbocycles. The average Bonchev–Trinajstić information content (AvgIpc) is 0.805. The molecule has 0 fully saturated rings. The highest BCUT2D eigenvalue weighted by molar-refractivity contribution is 5.44. The number of aryl methyl sites for hydroxylation is 8. The van der Waals surface area contributed by atoms with E-state index in [1.165, 1.54) is 80.6 Å². The summed E-state index contributed by atoms with van der Waals surface area (Å²) in [5.41, 5.74) is 6.89. The third-order valence-corrected chi connectivity index (χ3v) is 24.4. The highest BCUT2D eigenvalue weighted by Gasteiger charge is 2.41. The number of benzene rings is 9. The van der Waals surface area contributed by atoms with Crippen LogP contribution in [0.15, 0.2) is 164 Å². The Balaban J connectivity index is 0.000000759. The summed E-state index contributed by atoms with van der Waals surface area (Å²) in [6.07, 6.45) is -30.9. The zero-order valence-corrected chi connectivity index (χ0v) is 82.4. The average molecular weight is 1950 g/mol. The Morgan fingerprint density at radius 2 is 0.563 bits per heavy atom. The van der Waals surface area contributed by atoms with Crippen LogP contribution in [0.2, 0.25) is 0 Å². The highest BCUT2D eigenvalue weighted by atomic mass is 19.4. The Hall–Kier alpha value is -8.91. The Morgan fingerprint density at radius 3 is 1.01 bits per heavy atom. The lowest BCUT2D eigenvalue weighted by Crippen LogP contribution is -2.12. The van der Waals surface area contributed by atoms with Crippen LogP contribution >= 0.6 is 0 Å². The van der Waals surface area contributed by atoms with Crippen molar-refractivity contribution < 1.29 is 119 Å². The van der Waals surface area contributed by atoms with Crippen LogP contribution in [-0.2, 0) is 55.6 Å². The van der Waals surface area contributed by atoms with Crippen molar-refractivity contribution in [1.29, 1.82) is 0 Å². The van der Waals surface area contributed by atoms with Gasteiger partial charge in [0, 0.05) is 0 Å². The molecule has 9 rings (SSSR count). The van der Waals surface area contributed by atoms with Gasteiger partial charge in [-0.3, -0.25) is 0 Å². The maximum absolute atomic E-state index is 12.8. The molecule has 0 nitrogen and oxygen atoms in total. The normalized spacial score (nSPS) is 14.0. The first-order chi connectivity index (χ1) is 61.8. The quantitative estimate of drug-likeness (QED) is 0.0751. The van der Waals surface area contributed by atoms with Crippen molar-refractivity contribution in [1.82, 2.24) is 0 Å². The molecule has 0 spiro atoms. The second-order valence-corrected chi connectivity index (χ2v) is 34.9. The molecule has 0 radical (unpaired) electrons. The number of hydrogen-bond donors (Lipinski definition) is 0. The summed E-state index contributed by atoms with van der Waals surface area (Å²) in [7, 11) is 0. The number of hydrogen-bond acceptors (Lipinski definition) is 0. The maximum atomic E-state index is 12.8. The van der Waals surface area contributed by atoms with Crippen molar-refractivity contribution in [3.63, 3.8) is 0 Å².